The summed E-state index contributed by atoms with van der Waals surface area (Å²) >= 11 is 0. The molecule has 6 rings (SSSR count). The number of ether oxygens (including phenoxy) is 2. The highest BCUT2D eigenvalue weighted by molar-refractivity contribution is 6.07. The minimum Gasteiger partial charge on any atom is -0.488 e. The summed E-state index contributed by atoms with van der Waals surface area (Å²) in [5, 5.41) is 5.95. The highest BCUT2D eigenvalue weighted by Crippen LogP contribution is 2.30. The van der Waals surface area contributed by atoms with E-state index in [0.717, 1.165) is 41.5 Å². The summed E-state index contributed by atoms with van der Waals surface area (Å²) in [6, 6.07) is 7.62. The van der Waals surface area contributed by atoms with E-state index < -0.39 is 0 Å². The first-order valence-electron chi connectivity index (χ1n) is 12.1. The number of carbonyl (C=O) groups excluding carboxylic acids is 1. The van der Waals surface area contributed by atoms with Gasteiger partial charge in [-0.25, -0.2) is 0 Å². The van der Waals surface area contributed by atoms with E-state index in [1.54, 1.807) is 18.6 Å². The summed E-state index contributed by atoms with van der Waals surface area (Å²) in [5.41, 5.74) is 2.79. The van der Waals surface area contributed by atoms with Gasteiger partial charge in [0.15, 0.2) is 0 Å². The predicted molar refractivity (Wildman–Crippen MR) is 131 cm³/mol. The molecule has 9 nitrogen and oxygen atoms in total. The van der Waals surface area contributed by atoms with Gasteiger partial charge in [0.25, 0.3) is 11.5 Å². The second-order valence-corrected chi connectivity index (χ2v) is 9.32. The Morgan fingerprint density at radius 1 is 1.14 bits per heavy atom. The van der Waals surface area contributed by atoms with Crippen molar-refractivity contribution in [3.05, 3.63) is 64.3 Å². The first-order valence-corrected chi connectivity index (χ1v) is 12.1. The van der Waals surface area contributed by atoms with Gasteiger partial charge in [0, 0.05) is 49.5 Å². The molecule has 9 heteroatoms. The number of rotatable bonds is 4. The molecule has 180 valence electrons. The number of aryl methyl sites for hydroxylation is 1. The van der Waals surface area contributed by atoms with E-state index in [9.17, 15) is 9.59 Å². The predicted octanol–water partition coefficient (Wildman–Crippen LogP) is 3.23. The molecule has 0 aliphatic carbocycles. The SMILES string of the molecule is Cc1cc2[nH]c(=O)c3cnn(C4CCOCC4)c3c2cc1C(=O)N1CCC(Oc2ccncc2)C1. The van der Waals surface area contributed by atoms with Crippen LogP contribution in [0.5, 0.6) is 5.75 Å². The van der Waals surface area contributed by atoms with Gasteiger partial charge in [-0.05, 0) is 49.6 Å². The van der Waals surface area contributed by atoms with Gasteiger partial charge in [-0.2, -0.15) is 5.10 Å². The number of benzene rings is 1. The maximum Gasteiger partial charge on any atom is 0.259 e. The van der Waals surface area contributed by atoms with E-state index in [0.29, 0.717) is 42.8 Å². The number of amides is 1. The van der Waals surface area contributed by atoms with Crippen LogP contribution in [-0.4, -0.2) is 63.0 Å². The van der Waals surface area contributed by atoms with Crippen molar-refractivity contribution >= 4 is 27.7 Å². The minimum absolute atomic E-state index is 0.0262. The molecule has 0 spiro atoms. The van der Waals surface area contributed by atoms with Crippen LogP contribution in [0.25, 0.3) is 21.8 Å². The van der Waals surface area contributed by atoms with Crippen molar-refractivity contribution in [2.24, 2.45) is 0 Å². The van der Waals surface area contributed by atoms with E-state index in [2.05, 4.69) is 15.1 Å². The Labute approximate surface area is 201 Å². The van der Waals surface area contributed by atoms with Crippen LogP contribution in [-0.2, 0) is 4.74 Å². The zero-order chi connectivity index (χ0) is 23.9. The summed E-state index contributed by atoms with van der Waals surface area (Å²) in [6.07, 6.45) is 7.43. The zero-order valence-corrected chi connectivity index (χ0v) is 19.6. The number of nitrogens with zero attached hydrogens (tertiary/aromatic N) is 4. The fourth-order valence-corrected chi connectivity index (χ4v) is 5.22. The Hall–Kier alpha value is -3.72. The lowest BCUT2D eigenvalue weighted by atomic mass is 10.0. The lowest BCUT2D eigenvalue weighted by molar-refractivity contribution is 0.0675. The van der Waals surface area contributed by atoms with Gasteiger partial charge in [0.2, 0.25) is 0 Å². The molecular formula is C26H27N5O4. The second kappa shape index (κ2) is 8.81. The largest absolute Gasteiger partial charge is 0.488 e. The number of aromatic amines is 1. The van der Waals surface area contributed by atoms with E-state index in [4.69, 9.17) is 9.47 Å². The smallest absolute Gasteiger partial charge is 0.259 e. The number of hydrogen-bond donors (Lipinski definition) is 1. The van der Waals surface area contributed by atoms with Gasteiger partial charge in [0.1, 0.15) is 11.9 Å². The molecule has 1 unspecified atom stereocenters. The van der Waals surface area contributed by atoms with E-state index >= 15 is 0 Å². The molecule has 2 aliphatic heterocycles. The molecule has 5 heterocycles. The van der Waals surface area contributed by atoms with Crippen molar-refractivity contribution in [2.75, 3.05) is 26.3 Å². The van der Waals surface area contributed by atoms with E-state index in [-0.39, 0.29) is 23.6 Å². The Morgan fingerprint density at radius 3 is 2.74 bits per heavy atom. The maximum absolute atomic E-state index is 13.6. The van der Waals surface area contributed by atoms with Crippen LogP contribution in [0.4, 0.5) is 0 Å². The Morgan fingerprint density at radius 2 is 1.94 bits per heavy atom. The van der Waals surface area contributed by atoms with Crippen molar-refractivity contribution in [1.29, 1.82) is 0 Å². The van der Waals surface area contributed by atoms with Crippen LogP contribution in [0, 0.1) is 6.92 Å². The standard InChI is InChI=1S/C26H27N5O4/c1-16-12-23-21(24-22(25(32)29-23)14-28-31(24)17-5-10-34-11-6-17)13-20(16)26(33)30-9-4-19(15-30)35-18-2-7-27-8-3-18/h2-3,7-8,12-14,17,19H,4-6,9-11,15H2,1H3,(H,29,32). The number of hydrogen-bond acceptors (Lipinski definition) is 6. The summed E-state index contributed by atoms with van der Waals surface area (Å²) < 4.78 is 13.5. The first kappa shape index (κ1) is 21.8. The molecule has 2 fully saturated rings. The second-order valence-electron chi connectivity index (χ2n) is 9.32. The van der Waals surface area contributed by atoms with Crippen molar-refractivity contribution in [3.63, 3.8) is 0 Å². The molecule has 1 N–H and O–H groups in total. The number of pyridine rings is 2. The summed E-state index contributed by atoms with van der Waals surface area (Å²) in [4.78, 5) is 35.2. The third-order valence-corrected chi connectivity index (χ3v) is 7.06. The average molecular weight is 474 g/mol. The molecule has 0 bridgehead atoms. The topological polar surface area (TPSA) is 102 Å². The monoisotopic (exact) mass is 473 g/mol. The average Bonchev–Trinajstić information content (AvgIpc) is 3.53. The number of fused-ring (bicyclic) bond motifs is 3. The number of likely N-dealkylation sites (tertiary alicyclic amines) is 1. The Balaban J connectivity index is 1.35. The molecule has 35 heavy (non-hydrogen) atoms. The highest BCUT2D eigenvalue weighted by atomic mass is 16.5. The van der Waals surface area contributed by atoms with Crippen LogP contribution in [0.2, 0.25) is 0 Å². The van der Waals surface area contributed by atoms with Crippen LogP contribution >= 0.6 is 0 Å². The number of carbonyl (C=O) groups is 1. The minimum atomic E-state index is -0.167. The van der Waals surface area contributed by atoms with Crippen LogP contribution in [0.15, 0.2) is 47.7 Å². The molecular weight excluding hydrogens is 446 g/mol. The van der Waals surface area contributed by atoms with Crippen LogP contribution < -0.4 is 10.3 Å². The van der Waals surface area contributed by atoms with Crippen LogP contribution in [0.1, 0.15) is 41.2 Å². The molecule has 1 atom stereocenters. The maximum atomic E-state index is 13.6. The fraction of sp³-hybridized carbons (Fsp3) is 0.385. The lowest BCUT2D eigenvalue weighted by Gasteiger charge is -2.23. The van der Waals surface area contributed by atoms with Gasteiger partial charge in [0.05, 0.1) is 35.2 Å². The third-order valence-electron chi connectivity index (χ3n) is 7.06. The molecule has 0 radical (unpaired) electrons. The Kier molecular flexibility index (Phi) is 5.49. The fourth-order valence-electron chi connectivity index (χ4n) is 5.22. The van der Waals surface area contributed by atoms with Gasteiger partial charge in [-0.3, -0.25) is 19.3 Å². The molecule has 2 aliphatic rings. The quantitative estimate of drug-likeness (QED) is 0.488. The molecule has 0 saturated carbocycles. The van der Waals surface area contributed by atoms with Crippen molar-refractivity contribution < 1.29 is 14.3 Å². The third kappa shape index (κ3) is 3.95. The highest BCUT2D eigenvalue weighted by Gasteiger charge is 2.30. The molecule has 1 amide bonds. The van der Waals surface area contributed by atoms with Gasteiger partial charge >= 0.3 is 0 Å². The van der Waals surface area contributed by atoms with Crippen molar-refractivity contribution in [1.82, 2.24) is 24.6 Å². The lowest BCUT2D eigenvalue weighted by Crippen LogP contribution is -2.31. The number of H-pyrrole nitrogens is 1. The molecule has 3 aromatic heterocycles. The summed E-state index contributed by atoms with van der Waals surface area (Å²) in [5.74, 6) is 0.732. The van der Waals surface area contributed by atoms with Gasteiger partial charge in [-0.1, -0.05) is 0 Å². The van der Waals surface area contributed by atoms with Crippen LogP contribution in [0.3, 0.4) is 0 Å². The number of aromatic nitrogens is 4. The van der Waals surface area contributed by atoms with E-state index in [1.807, 2.05) is 40.8 Å². The normalized spacial score (nSPS) is 19.0. The molecule has 4 aromatic rings. The number of nitrogens with one attached hydrogen (secondary N) is 1. The van der Waals surface area contributed by atoms with Gasteiger partial charge < -0.3 is 19.4 Å². The van der Waals surface area contributed by atoms with Gasteiger partial charge in [-0.15, -0.1) is 0 Å². The Bertz CT molecular complexity index is 1460. The van der Waals surface area contributed by atoms with Crippen molar-refractivity contribution in [3.8, 4) is 5.75 Å². The molecule has 2 saturated heterocycles. The first-order chi connectivity index (χ1) is 17.1. The summed E-state index contributed by atoms with van der Waals surface area (Å²) in [7, 11) is 0. The summed E-state index contributed by atoms with van der Waals surface area (Å²) in [6.45, 7) is 4.42. The van der Waals surface area contributed by atoms with Crippen molar-refractivity contribution in [2.45, 2.75) is 38.3 Å². The zero-order valence-electron chi connectivity index (χ0n) is 19.6. The molecule has 1 aromatic carbocycles. The van der Waals surface area contributed by atoms with E-state index in [1.165, 1.54) is 0 Å².